The van der Waals surface area contributed by atoms with E-state index in [1.165, 1.54) is 0 Å². The smallest absolute Gasteiger partial charge is 0.259 e. The van der Waals surface area contributed by atoms with Crippen LogP contribution in [0, 0.1) is 26.7 Å². The zero-order valence-corrected chi connectivity index (χ0v) is 16.1. The highest BCUT2D eigenvalue weighted by molar-refractivity contribution is 6.00. The number of carbonyl (C=O) groups excluding carboxylic acids is 1. The minimum atomic E-state index is -0.0500. The average Bonchev–Trinajstić information content (AvgIpc) is 2.79. The Bertz CT molecular complexity index is 725. The van der Waals surface area contributed by atoms with Crippen molar-refractivity contribution in [3.63, 3.8) is 0 Å². The summed E-state index contributed by atoms with van der Waals surface area (Å²) >= 11 is 0. The van der Waals surface area contributed by atoms with E-state index in [4.69, 9.17) is 5.73 Å². The van der Waals surface area contributed by atoms with Gasteiger partial charge in [-0.3, -0.25) is 4.79 Å². The molecule has 0 aliphatic rings. The van der Waals surface area contributed by atoms with Crippen molar-refractivity contribution in [2.75, 3.05) is 13.6 Å². The third-order valence-electron chi connectivity index (χ3n) is 4.28. The van der Waals surface area contributed by atoms with Crippen molar-refractivity contribution >= 4 is 24.0 Å². The largest absolute Gasteiger partial charge is 0.341 e. The van der Waals surface area contributed by atoms with Crippen LogP contribution < -0.4 is 5.73 Å². The molecule has 2 rings (SSSR count). The number of amides is 1. The quantitative estimate of drug-likeness (QED) is 0.896. The second-order valence-corrected chi connectivity index (χ2v) is 6.66. The third kappa shape index (κ3) is 4.05. The maximum absolute atomic E-state index is 12.8. The van der Waals surface area contributed by atoms with Crippen LogP contribution in [0.3, 0.4) is 0 Å². The molecular formula is C17H28ClN5O. The molecule has 0 saturated heterocycles. The molecule has 2 aromatic rings. The maximum atomic E-state index is 12.8. The van der Waals surface area contributed by atoms with Crippen LogP contribution in [0.1, 0.15) is 47.7 Å². The molecule has 2 heterocycles. The molecule has 0 aromatic carbocycles. The van der Waals surface area contributed by atoms with Gasteiger partial charge in [-0.2, -0.15) is 5.10 Å². The molecule has 0 saturated carbocycles. The lowest BCUT2D eigenvalue weighted by Gasteiger charge is -2.21. The van der Waals surface area contributed by atoms with Gasteiger partial charge in [0.25, 0.3) is 5.91 Å². The molecule has 24 heavy (non-hydrogen) atoms. The van der Waals surface area contributed by atoms with Gasteiger partial charge in [0, 0.05) is 31.0 Å². The van der Waals surface area contributed by atoms with Crippen molar-refractivity contribution in [1.29, 1.82) is 0 Å². The summed E-state index contributed by atoms with van der Waals surface area (Å²) in [6, 6.07) is 2.05. The molecule has 134 valence electrons. The summed E-state index contributed by atoms with van der Waals surface area (Å²) in [6.07, 6.45) is 0.781. The van der Waals surface area contributed by atoms with Gasteiger partial charge in [0.2, 0.25) is 0 Å². The average molecular weight is 354 g/mol. The first-order valence-electron chi connectivity index (χ1n) is 8.07. The minimum Gasteiger partial charge on any atom is -0.341 e. The van der Waals surface area contributed by atoms with Crippen LogP contribution in [0.25, 0.3) is 5.65 Å². The highest BCUT2D eigenvalue weighted by Gasteiger charge is 2.23. The van der Waals surface area contributed by atoms with Gasteiger partial charge in [-0.25, -0.2) is 9.50 Å². The molecule has 1 unspecified atom stereocenters. The summed E-state index contributed by atoms with van der Waals surface area (Å²) in [7, 11) is 1.81. The number of aryl methyl sites for hydroxylation is 3. The third-order valence-corrected chi connectivity index (χ3v) is 4.28. The van der Waals surface area contributed by atoms with Crippen molar-refractivity contribution in [1.82, 2.24) is 19.5 Å². The summed E-state index contributed by atoms with van der Waals surface area (Å²) in [5, 5.41) is 4.46. The monoisotopic (exact) mass is 353 g/mol. The lowest BCUT2D eigenvalue weighted by molar-refractivity contribution is 0.0790. The molecule has 7 heteroatoms. The van der Waals surface area contributed by atoms with E-state index in [1.807, 2.05) is 26.8 Å². The van der Waals surface area contributed by atoms with E-state index in [1.54, 1.807) is 16.5 Å². The number of nitrogens with zero attached hydrogens (tertiary/aromatic N) is 4. The van der Waals surface area contributed by atoms with E-state index in [9.17, 15) is 4.79 Å². The first kappa shape index (κ1) is 20.4. The predicted molar refractivity (Wildman–Crippen MR) is 98.8 cm³/mol. The number of aromatic nitrogens is 3. The Balaban J connectivity index is 0.00000288. The molecule has 6 nitrogen and oxygen atoms in total. The van der Waals surface area contributed by atoms with Crippen molar-refractivity contribution in [2.24, 2.45) is 11.7 Å². The van der Waals surface area contributed by atoms with Gasteiger partial charge < -0.3 is 10.6 Å². The van der Waals surface area contributed by atoms with Crippen molar-refractivity contribution in [3.05, 3.63) is 28.7 Å². The van der Waals surface area contributed by atoms with Gasteiger partial charge >= 0.3 is 0 Å². The fourth-order valence-electron chi connectivity index (χ4n) is 2.65. The van der Waals surface area contributed by atoms with Gasteiger partial charge in [-0.1, -0.05) is 13.8 Å². The predicted octanol–water partition coefficient (Wildman–Crippen LogP) is 2.52. The highest BCUT2D eigenvalue weighted by Crippen LogP contribution is 2.18. The van der Waals surface area contributed by atoms with Crippen LogP contribution in [-0.2, 0) is 0 Å². The van der Waals surface area contributed by atoms with Crippen LogP contribution in [0.5, 0.6) is 0 Å². The topological polar surface area (TPSA) is 76.5 Å². The Kier molecular flexibility index (Phi) is 6.75. The van der Waals surface area contributed by atoms with E-state index in [2.05, 4.69) is 23.9 Å². The van der Waals surface area contributed by atoms with Gasteiger partial charge in [0.1, 0.15) is 5.56 Å². The number of nitrogens with two attached hydrogens (primary N) is 1. The second kappa shape index (κ2) is 7.94. The number of hydrogen-bond acceptors (Lipinski definition) is 4. The molecule has 1 amide bonds. The SMILES string of the molecule is Cc1cc(C)n2nc(C)c(C(=O)N(C)CCC(N)C(C)C)c2n1.Cl. The van der Waals surface area contributed by atoms with Crippen molar-refractivity contribution in [2.45, 2.75) is 47.1 Å². The summed E-state index contributed by atoms with van der Waals surface area (Å²) in [5.74, 6) is 0.357. The van der Waals surface area contributed by atoms with E-state index in [0.29, 0.717) is 29.4 Å². The number of rotatable bonds is 5. The van der Waals surface area contributed by atoms with E-state index in [0.717, 1.165) is 17.8 Å². The first-order chi connectivity index (χ1) is 10.7. The van der Waals surface area contributed by atoms with Crippen LogP contribution in [0.15, 0.2) is 6.07 Å². The zero-order chi connectivity index (χ0) is 17.3. The normalized spacial score (nSPS) is 12.3. The lowest BCUT2D eigenvalue weighted by Crippen LogP contribution is -2.34. The molecule has 0 bridgehead atoms. The summed E-state index contributed by atoms with van der Waals surface area (Å²) in [5.41, 5.74) is 9.85. The van der Waals surface area contributed by atoms with Gasteiger partial charge in [0.05, 0.1) is 5.69 Å². The second-order valence-electron chi connectivity index (χ2n) is 6.66. The zero-order valence-electron chi connectivity index (χ0n) is 15.3. The number of hydrogen-bond donors (Lipinski definition) is 1. The van der Waals surface area contributed by atoms with Gasteiger partial charge in [-0.15, -0.1) is 12.4 Å². The van der Waals surface area contributed by atoms with Crippen LogP contribution in [0.4, 0.5) is 0 Å². The Morgan fingerprint density at radius 2 is 1.96 bits per heavy atom. The molecule has 0 radical (unpaired) electrons. The van der Waals surface area contributed by atoms with Crippen LogP contribution in [-0.4, -0.2) is 45.0 Å². The molecule has 0 fully saturated rings. The highest BCUT2D eigenvalue weighted by atomic mass is 35.5. The van der Waals surface area contributed by atoms with E-state index >= 15 is 0 Å². The standard InChI is InChI=1S/C17H27N5O.ClH/c1-10(2)14(18)7-8-21(6)17(23)15-13(5)20-22-12(4)9-11(3)19-16(15)22;/h9-10,14H,7-8,18H2,1-6H3;1H. The van der Waals surface area contributed by atoms with Crippen molar-refractivity contribution < 1.29 is 4.79 Å². The Morgan fingerprint density at radius 1 is 1.33 bits per heavy atom. The lowest BCUT2D eigenvalue weighted by atomic mass is 10.0. The fourth-order valence-corrected chi connectivity index (χ4v) is 2.65. The fraction of sp³-hybridized carbons (Fsp3) is 0.588. The number of fused-ring (bicyclic) bond motifs is 1. The Hall–Kier alpha value is -1.66. The van der Waals surface area contributed by atoms with Gasteiger partial charge in [0.15, 0.2) is 5.65 Å². The summed E-state index contributed by atoms with van der Waals surface area (Å²) < 4.78 is 1.74. The molecular weight excluding hydrogens is 326 g/mol. The van der Waals surface area contributed by atoms with Crippen LogP contribution in [0.2, 0.25) is 0 Å². The Morgan fingerprint density at radius 3 is 2.54 bits per heavy atom. The molecule has 0 aliphatic heterocycles. The number of halogens is 1. The summed E-state index contributed by atoms with van der Waals surface area (Å²) in [4.78, 5) is 19.1. The maximum Gasteiger partial charge on any atom is 0.259 e. The Labute approximate surface area is 149 Å². The summed E-state index contributed by atoms with van der Waals surface area (Å²) in [6.45, 7) is 10.6. The molecule has 2 aromatic heterocycles. The molecule has 2 N–H and O–H groups in total. The molecule has 0 aliphatic carbocycles. The van der Waals surface area contributed by atoms with Crippen LogP contribution >= 0.6 is 12.4 Å². The van der Waals surface area contributed by atoms with E-state index < -0.39 is 0 Å². The van der Waals surface area contributed by atoms with E-state index in [-0.39, 0.29) is 24.4 Å². The first-order valence-corrected chi connectivity index (χ1v) is 8.07. The molecule has 1 atom stereocenters. The minimum absolute atomic E-state index is 0. The molecule has 0 spiro atoms. The van der Waals surface area contributed by atoms with Gasteiger partial charge in [-0.05, 0) is 39.2 Å². The van der Waals surface area contributed by atoms with Crippen molar-refractivity contribution in [3.8, 4) is 0 Å². The number of carbonyl (C=O) groups is 1.